The number of urea groups is 1. The lowest BCUT2D eigenvalue weighted by molar-refractivity contribution is -0.119. The molecular weight excluding hydrogens is 462 g/mol. The van der Waals surface area contributed by atoms with Gasteiger partial charge in [0.2, 0.25) is 5.91 Å². The van der Waals surface area contributed by atoms with E-state index < -0.39 is 17.2 Å². The van der Waals surface area contributed by atoms with Crippen LogP contribution in [0.1, 0.15) is 20.8 Å². The first-order valence-electron chi connectivity index (χ1n) is 10.4. The quantitative estimate of drug-likeness (QED) is 0.452. The van der Waals surface area contributed by atoms with Crippen LogP contribution in [0.25, 0.3) is 17.1 Å². The van der Waals surface area contributed by atoms with Crippen LogP contribution in [0.3, 0.4) is 0 Å². The Labute approximate surface area is 202 Å². The third-order valence-corrected chi connectivity index (χ3v) is 5.92. The number of hydrogen-bond acceptors (Lipinski definition) is 6. The van der Waals surface area contributed by atoms with Crippen molar-refractivity contribution < 1.29 is 14.3 Å². The van der Waals surface area contributed by atoms with Crippen LogP contribution in [0.4, 0.5) is 4.79 Å². The molecule has 3 rings (SSSR count). The molecule has 0 aliphatic rings. The van der Waals surface area contributed by atoms with E-state index in [-0.39, 0.29) is 5.92 Å². The maximum atomic E-state index is 12.6. The zero-order valence-corrected chi connectivity index (χ0v) is 20.4. The number of imide groups is 1. The van der Waals surface area contributed by atoms with Gasteiger partial charge in [0.1, 0.15) is 5.75 Å². The molecule has 1 unspecified atom stereocenters. The van der Waals surface area contributed by atoms with E-state index >= 15 is 0 Å². The van der Waals surface area contributed by atoms with E-state index in [2.05, 4.69) is 20.8 Å². The Balaban J connectivity index is 1.91. The molecule has 0 saturated carbocycles. The van der Waals surface area contributed by atoms with Crippen molar-refractivity contribution in [2.75, 3.05) is 13.7 Å². The molecule has 1 heterocycles. The Morgan fingerprint density at radius 3 is 2.45 bits per heavy atom. The lowest BCUT2D eigenvalue weighted by Crippen LogP contribution is -2.43. The number of nitrogens with one attached hydrogen (secondary N) is 2. The summed E-state index contributed by atoms with van der Waals surface area (Å²) in [4.78, 5) is 24.6. The lowest BCUT2D eigenvalue weighted by Gasteiger charge is -2.15. The Morgan fingerprint density at radius 2 is 1.79 bits per heavy atom. The van der Waals surface area contributed by atoms with Crippen LogP contribution in [0.15, 0.2) is 53.7 Å². The first-order chi connectivity index (χ1) is 15.8. The molecular formula is C23H26ClN5O3S. The number of carbonyl (C=O) groups is 2. The van der Waals surface area contributed by atoms with E-state index in [1.165, 1.54) is 11.8 Å². The molecule has 0 bridgehead atoms. The predicted molar refractivity (Wildman–Crippen MR) is 130 cm³/mol. The zero-order valence-electron chi connectivity index (χ0n) is 18.8. The second-order valence-electron chi connectivity index (χ2n) is 7.67. The Morgan fingerprint density at radius 1 is 1.09 bits per heavy atom. The molecule has 8 nitrogen and oxygen atoms in total. The number of amides is 3. The molecule has 1 aromatic heterocycles. The minimum Gasteiger partial charge on any atom is -0.496 e. The summed E-state index contributed by atoms with van der Waals surface area (Å²) in [5.74, 6) is 1.05. The molecule has 0 saturated heterocycles. The van der Waals surface area contributed by atoms with Gasteiger partial charge < -0.3 is 10.1 Å². The average molecular weight is 488 g/mol. The lowest BCUT2D eigenvalue weighted by atomic mass is 10.2. The van der Waals surface area contributed by atoms with Crippen molar-refractivity contribution in [2.45, 2.75) is 31.2 Å². The monoisotopic (exact) mass is 487 g/mol. The predicted octanol–water partition coefficient (Wildman–Crippen LogP) is 4.56. The molecule has 2 N–H and O–H groups in total. The zero-order chi connectivity index (χ0) is 24.0. The van der Waals surface area contributed by atoms with Gasteiger partial charge in [0.25, 0.3) is 0 Å². The molecule has 0 radical (unpaired) electrons. The van der Waals surface area contributed by atoms with Crippen LogP contribution in [0.2, 0.25) is 5.02 Å². The summed E-state index contributed by atoms with van der Waals surface area (Å²) in [5.41, 5.74) is 1.52. The van der Waals surface area contributed by atoms with Crippen LogP contribution >= 0.6 is 23.4 Å². The van der Waals surface area contributed by atoms with Crippen molar-refractivity contribution in [3.8, 4) is 22.8 Å². The van der Waals surface area contributed by atoms with E-state index in [1.54, 1.807) is 26.2 Å². The first kappa shape index (κ1) is 24.6. The number of halogens is 1. The highest BCUT2D eigenvalue weighted by molar-refractivity contribution is 8.00. The summed E-state index contributed by atoms with van der Waals surface area (Å²) in [6, 6.07) is 14.2. The van der Waals surface area contributed by atoms with Gasteiger partial charge in [-0.15, -0.1) is 10.2 Å². The van der Waals surface area contributed by atoms with Crippen LogP contribution in [0.5, 0.6) is 5.75 Å². The molecule has 3 amide bonds. The summed E-state index contributed by atoms with van der Waals surface area (Å²) in [6.07, 6.45) is 0. The second-order valence-corrected chi connectivity index (χ2v) is 9.42. The first-order valence-corrected chi connectivity index (χ1v) is 11.7. The average Bonchev–Trinajstić information content (AvgIpc) is 3.21. The number of benzene rings is 2. The van der Waals surface area contributed by atoms with E-state index in [9.17, 15) is 9.59 Å². The standard InChI is InChI=1S/C23H26ClN5O3S/c1-14(2)13-25-22(31)26-21(30)15(3)33-23-28-27-20(18-7-5-6-8-19(18)32-4)29(23)17-11-9-16(24)10-12-17/h5-12,14-15H,13H2,1-4H3,(H2,25,26,30,31). The number of carbonyl (C=O) groups excluding carboxylic acids is 2. The molecule has 0 spiro atoms. The number of ether oxygens (including phenoxy) is 1. The van der Waals surface area contributed by atoms with Gasteiger partial charge in [-0.1, -0.05) is 49.3 Å². The molecule has 0 aliphatic carbocycles. The van der Waals surface area contributed by atoms with Crippen molar-refractivity contribution in [1.29, 1.82) is 0 Å². The molecule has 2 aromatic carbocycles. The van der Waals surface area contributed by atoms with Gasteiger partial charge in [0.15, 0.2) is 11.0 Å². The minimum absolute atomic E-state index is 0.281. The normalized spacial score (nSPS) is 11.8. The second kappa shape index (κ2) is 11.2. The molecule has 0 aliphatic heterocycles. The van der Waals surface area contributed by atoms with Gasteiger partial charge in [-0.2, -0.15) is 0 Å². The number of thioether (sulfide) groups is 1. The van der Waals surface area contributed by atoms with Gasteiger partial charge in [-0.3, -0.25) is 14.7 Å². The molecule has 33 heavy (non-hydrogen) atoms. The largest absolute Gasteiger partial charge is 0.496 e. The summed E-state index contributed by atoms with van der Waals surface area (Å²) >= 11 is 7.28. The number of aromatic nitrogens is 3. The maximum absolute atomic E-state index is 12.6. The maximum Gasteiger partial charge on any atom is 0.321 e. The number of rotatable bonds is 8. The molecule has 3 aromatic rings. The van der Waals surface area contributed by atoms with Gasteiger partial charge >= 0.3 is 6.03 Å². The Bertz CT molecular complexity index is 1120. The topological polar surface area (TPSA) is 98.1 Å². The third kappa shape index (κ3) is 6.27. The van der Waals surface area contributed by atoms with E-state index in [0.717, 1.165) is 11.3 Å². The minimum atomic E-state index is -0.601. The van der Waals surface area contributed by atoms with Crippen LogP contribution in [-0.2, 0) is 4.79 Å². The fourth-order valence-electron chi connectivity index (χ4n) is 2.94. The van der Waals surface area contributed by atoms with E-state index in [1.807, 2.05) is 54.8 Å². The van der Waals surface area contributed by atoms with Crippen LogP contribution in [0, 0.1) is 5.92 Å². The summed E-state index contributed by atoms with van der Waals surface area (Å²) in [7, 11) is 1.59. The summed E-state index contributed by atoms with van der Waals surface area (Å²) < 4.78 is 7.34. The van der Waals surface area contributed by atoms with Crippen LogP contribution in [-0.4, -0.2) is 45.6 Å². The van der Waals surface area contributed by atoms with E-state index in [4.69, 9.17) is 16.3 Å². The SMILES string of the molecule is COc1ccccc1-c1nnc(SC(C)C(=O)NC(=O)NCC(C)C)n1-c1ccc(Cl)cc1. The third-order valence-electron chi connectivity index (χ3n) is 4.63. The molecule has 10 heteroatoms. The highest BCUT2D eigenvalue weighted by Crippen LogP contribution is 2.34. The van der Waals surface area contributed by atoms with Gasteiger partial charge in [0, 0.05) is 17.3 Å². The molecule has 174 valence electrons. The number of nitrogens with zero attached hydrogens (tertiary/aromatic N) is 3. The Hall–Kier alpha value is -3.04. The van der Waals surface area contributed by atoms with Crippen molar-refractivity contribution in [3.63, 3.8) is 0 Å². The van der Waals surface area contributed by atoms with Gasteiger partial charge in [0.05, 0.1) is 17.9 Å². The van der Waals surface area contributed by atoms with E-state index in [0.29, 0.717) is 28.3 Å². The summed E-state index contributed by atoms with van der Waals surface area (Å²) in [5, 5.41) is 14.3. The molecule has 1 atom stereocenters. The number of methoxy groups -OCH3 is 1. The number of para-hydroxylation sites is 1. The summed E-state index contributed by atoms with van der Waals surface area (Å²) in [6.45, 7) is 6.14. The fraction of sp³-hybridized carbons (Fsp3) is 0.304. The highest BCUT2D eigenvalue weighted by atomic mass is 35.5. The van der Waals surface area contributed by atoms with Crippen LogP contribution < -0.4 is 15.4 Å². The van der Waals surface area contributed by atoms with Crippen molar-refractivity contribution in [2.24, 2.45) is 5.92 Å². The number of hydrogen-bond donors (Lipinski definition) is 2. The Kier molecular flexibility index (Phi) is 8.35. The van der Waals surface area contributed by atoms with Crippen molar-refractivity contribution in [3.05, 3.63) is 53.6 Å². The highest BCUT2D eigenvalue weighted by Gasteiger charge is 2.24. The van der Waals surface area contributed by atoms with Crippen molar-refractivity contribution in [1.82, 2.24) is 25.4 Å². The van der Waals surface area contributed by atoms with Gasteiger partial charge in [-0.25, -0.2) is 4.79 Å². The smallest absolute Gasteiger partial charge is 0.321 e. The molecule has 0 fully saturated rings. The van der Waals surface area contributed by atoms with Gasteiger partial charge in [-0.05, 0) is 49.2 Å². The van der Waals surface area contributed by atoms with Crippen molar-refractivity contribution >= 4 is 35.3 Å². The fourth-order valence-corrected chi connectivity index (χ4v) is 3.93.